The summed E-state index contributed by atoms with van der Waals surface area (Å²) in [6.45, 7) is 5.95. The van der Waals surface area contributed by atoms with E-state index in [4.69, 9.17) is 0 Å². The van der Waals surface area contributed by atoms with Crippen molar-refractivity contribution in [3.8, 4) is 0 Å². The van der Waals surface area contributed by atoms with Gasteiger partial charge >= 0.3 is 0 Å². The third kappa shape index (κ3) is 4.49. The summed E-state index contributed by atoms with van der Waals surface area (Å²) in [5, 5.41) is 7.59. The average Bonchev–Trinajstić information content (AvgIpc) is 2.34. The Morgan fingerprint density at radius 1 is 1.50 bits per heavy atom. The average molecular weight is 252 g/mol. The lowest BCUT2D eigenvalue weighted by Gasteiger charge is -2.15. The zero-order chi connectivity index (χ0) is 13.5. The summed E-state index contributed by atoms with van der Waals surface area (Å²) in [5.41, 5.74) is 0.803. The van der Waals surface area contributed by atoms with E-state index in [0.29, 0.717) is 12.6 Å². The fourth-order valence-corrected chi connectivity index (χ4v) is 1.65. The lowest BCUT2D eigenvalue weighted by molar-refractivity contribution is 0.449. The molecular formula is C13H24N4O. The molecular weight excluding hydrogens is 228 g/mol. The van der Waals surface area contributed by atoms with Gasteiger partial charge in [0, 0.05) is 32.7 Å². The monoisotopic (exact) mass is 252 g/mol. The maximum atomic E-state index is 11.8. The van der Waals surface area contributed by atoms with Crippen LogP contribution in [-0.2, 0) is 6.54 Å². The number of nitrogens with one attached hydrogen (secondary N) is 1. The summed E-state index contributed by atoms with van der Waals surface area (Å²) in [5.74, 6) is 0. The number of anilines is 1. The van der Waals surface area contributed by atoms with Gasteiger partial charge < -0.3 is 10.2 Å². The van der Waals surface area contributed by atoms with Gasteiger partial charge in [0.1, 0.15) is 0 Å². The molecule has 0 bridgehead atoms. The van der Waals surface area contributed by atoms with Crippen LogP contribution in [0.5, 0.6) is 0 Å². The molecule has 0 aliphatic rings. The minimum atomic E-state index is -0.0381. The second kappa shape index (κ2) is 7.16. The van der Waals surface area contributed by atoms with E-state index in [2.05, 4.69) is 24.3 Å². The fourth-order valence-electron chi connectivity index (χ4n) is 1.65. The topological polar surface area (TPSA) is 50.2 Å². The smallest absolute Gasteiger partial charge is 0.268 e. The molecule has 1 rings (SSSR count). The molecule has 5 heteroatoms. The zero-order valence-corrected chi connectivity index (χ0v) is 11.8. The van der Waals surface area contributed by atoms with Gasteiger partial charge in [-0.2, -0.15) is 5.10 Å². The van der Waals surface area contributed by atoms with Gasteiger partial charge in [-0.25, -0.2) is 4.68 Å². The van der Waals surface area contributed by atoms with Crippen LogP contribution in [0.15, 0.2) is 17.1 Å². The Hall–Kier alpha value is -1.36. The van der Waals surface area contributed by atoms with Crippen LogP contribution >= 0.6 is 0 Å². The van der Waals surface area contributed by atoms with Crippen molar-refractivity contribution < 1.29 is 0 Å². The Bertz CT molecular complexity index is 414. The van der Waals surface area contributed by atoms with Crippen molar-refractivity contribution in [2.45, 2.75) is 39.3 Å². The predicted molar refractivity (Wildman–Crippen MR) is 75.2 cm³/mol. The van der Waals surface area contributed by atoms with Crippen LogP contribution in [0.1, 0.15) is 26.7 Å². The minimum absolute atomic E-state index is 0.0381. The highest BCUT2D eigenvalue weighted by molar-refractivity contribution is 5.40. The van der Waals surface area contributed by atoms with Crippen molar-refractivity contribution in [2.75, 3.05) is 25.5 Å². The first-order chi connectivity index (χ1) is 8.54. The Morgan fingerprint density at radius 3 is 2.78 bits per heavy atom. The minimum Gasteiger partial charge on any atom is -0.376 e. The quantitative estimate of drug-likeness (QED) is 0.789. The summed E-state index contributed by atoms with van der Waals surface area (Å²) in [7, 11) is 3.80. The summed E-state index contributed by atoms with van der Waals surface area (Å²) < 4.78 is 1.52. The van der Waals surface area contributed by atoms with Crippen LogP contribution in [0, 0.1) is 0 Å². The normalized spacial score (nSPS) is 12.4. The number of nitrogens with zero attached hydrogens (tertiary/aromatic N) is 3. The molecule has 18 heavy (non-hydrogen) atoms. The molecule has 0 saturated heterocycles. The number of hydrogen-bond donors (Lipinski definition) is 1. The standard InChI is InChI=1S/C13H24N4O/c1-5-7-14-11(2)6-8-17-13(18)9-12(10-15-17)16(3)4/h9-11,14H,5-8H2,1-4H3. The van der Waals surface area contributed by atoms with E-state index in [-0.39, 0.29) is 5.56 Å². The predicted octanol–water partition coefficient (Wildman–Crippen LogP) is 1.09. The van der Waals surface area contributed by atoms with Crippen molar-refractivity contribution in [3.63, 3.8) is 0 Å². The molecule has 1 heterocycles. The van der Waals surface area contributed by atoms with Gasteiger partial charge in [-0.15, -0.1) is 0 Å². The highest BCUT2D eigenvalue weighted by Gasteiger charge is 2.04. The van der Waals surface area contributed by atoms with Crippen molar-refractivity contribution in [1.82, 2.24) is 15.1 Å². The Balaban J connectivity index is 2.55. The lowest BCUT2D eigenvalue weighted by atomic mass is 10.2. The van der Waals surface area contributed by atoms with Gasteiger partial charge in [0.25, 0.3) is 5.56 Å². The van der Waals surface area contributed by atoms with Gasteiger partial charge in [0.05, 0.1) is 11.9 Å². The van der Waals surface area contributed by atoms with Crippen LogP contribution in [0.2, 0.25) is 0 Å². The Labute approximate surface area is 109 Å². The maximum absolute atomic E-state index is 11.8. The maximum Gasteiger partial charge on any atom is 0.268 e. The first kappa shape index (κ1) is 14.7. The van der Waals surface area contributed by atoms with E-state index in [1.165, 1.54) is 4.68 Å². The SMILES string of the molecule is CCCNC(C)CCn1ncc(N(C)C)cc1=O. The molecule has 0 spiro atoms. The van der Waals surface area contributed by atoms with Crippen LogP contribution in [0.25, 0.3) is 0 Å². The van der Waals surface area contributed by atoms with Gasteiger partial charge in [-0.1, -0.05) is 6.92 Å². The molecule has 5 nitrogen and oxygen atoms in total. The summed E-state index contributed by atoms with van der Waals surface area (Å²) >= 11 is 0. The molecule has 1 atom stereocenters. The van der Waals surface area contributed by atoms with Gasteiger partial charge in [-0.05, 0) is 26.3 Å². The summed E-state index contributed by atoms with van der Waals surface area (Å²) in [4.78, 5) is 13.7. The molecule has 0 radical (unpaired) electrons. The van der Waals surface area contributed by atoms with E-state index < -0.39 is 0 Å². The molecule has 0 fully saturated rings. The van der Waals surface area contributed by atoms with E-state index in [1.807, 2.05) is 19.0 Å². The molecule has 0 aliphatic heterocycles. The molecule has 1 aromatic heterocycles. The first-order valence-electron chi connectivity index (χ1n) is 6.52. The van der Waals surface area contributed by atoms with Crippen LogP contribution in [-0.4, -0.2) is 36.5 Å². The van der Waals surface area contributed by atoms with Gasteiger partial charge in [-0.3, -0.25) is 4.79 Å². The second-order valence-electron chi connectivity index (χ2n) is 4.81. The van der Waals surface area contributed by atoms with Crippen molar-refractivity contribution >= 4 is 5.69 Å². The third-order valence-corrected chi connectivity index (χ3v) is 2.89. The zero-order valence-electron chi connectivity index (χ0n) is 11.8. The first-order valence-corrected chi connectivity index (χ1v) is 6.52. The Kier molecular flexibility index (Phi) is 5.85. The second-order valence-corrected chi connectivity index (χ2v) is 4.81. The van der Waals surface area contributed by atoms with Crippen molar-refractivity contribution in [2.24, 2.45) is 0 Å². The number of rotatable bonds is 7. The van der Waals surface area contributed by atoms with Gasteiger partial charge in [0.2, 0.25) is 0 Å². The Morgan fingerprint density at radius 2 is 2.22 bits per heavy atom. The van der Waals surface area contributed by atoms with E-state index >= 15 is 0 Å². The van der Waals surface area contributed by atoms with E-state index in [0.717, 1.165) is 25.1 Å². The molecule has 102 valence electrons. The lowest BCUT2D eigenvalue weighted by Crippen LogP contribution is -2.31. The van der Waals surface area contributed by atoms with Gasteiger partial charge in [0.15, 0.2) is 0 Å². The fraction of sp³-hybridized carbons (Fsp3) is 0.692. The van der Waals surface area contributed by atoms with Crippen LogP contribution in [0.3, 0.4) is 0 Å². The molecule has 0 aliphatic carbocycles. The van der Waals surface area contributed by atoms with Crippen LogP contribution < -0.4 is 15.8 Å². The molecule has 0 saturated carbocycles. The number of aromatic nitrogens is 2. The largest absolute Gasteiger partial charge is 0.376 e. The molecule has 1 aromatic rings. The van der Waals surface area contributed by atoms with Crippen molar-refractivity contribution in [1.29, 1.82) is 0 Å². The molecule has 1 unspecified atom stereocenters. The molecule has 0 aromatic carbocycles. The number of hydrogen-bond acceptors (Lipinski definition) is 4. The highest BCUT2D eigenvalue weighted by Crippen LogP contribution is 2.03. The van der Waals surface area contributed by atoms with E-state index in [1.54, 1.807) is 12.3 Å². The number of aryl methyl sites for hydroxylation is 1. The van der Waals surface area contributed by atoms with Crippen molar-refractivity contribution in [3.05, 3.63) is 22.6 Å². The summed E-state index contributed by atoms with van der Waals surface area (Å²) in [6, 6.07) is 2.03. The molecule has 1 N–H and O–H groups in total. The third-order valence-electron chi connectivity index (χ3n) is 2.89. The van der Waals surface area contributed by atoms with Crippen LogP contribution in [0.4, 0.5) is 5.69 Å². The van der Waals surface area contributed by atoms with E-state index in [9.17, 15) is 4.79 Å². The molecule has 0 amide bonds. The summed E-state index contributed by atoms with van der Waals surface area (Å²) in [6.07, 6.45) is 3.76. The highest BCUT2D eigenvalue weighted by atomic mass is 16.1.